The SMILES string of the molecule is C/C(=C\C(=O)N1CCN(Cc2cccnc2)CC1)c1ccccc1F. The molecule has 1 aliphatic heterocycles. The molecule has 0 saturated carbocycles. The Hall–Kier alpha value is -2.53. The minimum Gasteiger partial charge on any atom is -0.337 e. The summed E-state index contributed by atoms with van der Waals surface area (Å²) in [6, 6.07) is 10.5. The number of halogens is 1. The van der Waals surface area contributed by atoms with Gasteiger partial charge in [0.1, 0.15) is 5.82 Å². The summed E-state index contributed by atoms with van der Waals surface area (Å²) < 4.78 is 13.8. The van der Waals surface area contributed by atoms with Crippen molar-refractivity contribution in [1.82, 2.24) is 14.8 Å². The molecule has 1 aliphatic rings. The van der Waals surface area contributed by atoms with Crippen LogP contribution in [-0.2, 0) is 11.3 Å². The molecule has 0 N–H and O–H groups in total. The maximum atomic E-state index is 13.8. The van der Waals surface area contributed by atoms with Gasteiger partial charge >= 0.3 is 0 Å². The van der Waals surface area contributed by atoms with E-state index in [1.165, 1.54) is 17.7 Å². The number of piperazine rings is 1. The van der Waals surface area contributed by atoms with E-state index in [2.05, 4.69) is 16.0 Å². The predicted molar refractivity (Wildman–Crippen MR) is 96.1 cm³/mol. The third-order valence-electron chi connectivity index (χ3n) is 4.45. The van der Waals surface area contributed by atoms with Crippen molar-refractivity contribution >= 4 is 11.5 Å². The van der Waals surface area contributed by atoms with Crippen LogP contribution in [0.4, 0.5) is 4.39 Å². The zero-order valence-corrected chi connectivity index (χ0v) is 14.4. The second-order valence-corrected chi connectivity index (χ2v) is 6.27. The van der Waals surface area contributed by atoms with Crippen LogP contribution in [0.3, 0.4) is 0 Å². The number of hydrogen-bond acceptors (Lipinski definition) is 3. The van der Waals surface area contributed by atoms with Crippen LogP contribution in [0, 0.1) is 5.82 Å². The van der Waals surface area contributed by atoms with Crippen LogP contribution in [-0.4, -0.2) is 46.9 Å². The Balaban J connectivity index is 1.56. The topological polar surface area (TPSA) is 36.4 Å². The maximum absolute atomic E-state index is 13.8. The Bertz CT molecular complexity index is 753. The normalized spacial score (nSPS) is 16.1. The highest BCUT2D eigenvalue weighted by molar-refractivity contribution is 5.95. The van der Waals surface area contributed by atoms with Gasteiger partial charge in [0.2, 0.25) is 5.91 Å². The van der Waals surface area contributed by atoms with Gasteiger partial charge in [-0.2, -0.15) is 0 Å². The summed E-state index contributed by atoms with van der Waals surface area (Å²) in [5, 5.41) is 0. The van der Waals surface area contributed by atoms with Gasteiger partial charge in [-0.25, -0.2) is 4.39 Å². The summed E-state index contributed by atoms with van der Waals surface area (Å²) in [7, 11) is 0. The molecule has 5 heteroatoms. The number of carbonyl (C=O) groups excluding carboxylic acids is 1. The van der Waals surface area contributed by atoms with Gasteiger partial charge in [-0.05, 0) is 30.2 Å². The first kappa shape index (κ1) is 17.3. The first-order valence-electron chi connectivity index (χ1n) is 8.47. The second-order valence-electron chi connectivity index (χ2n) is 6.27. The number of benzene rings is 1. The highest BCUT2D eigenvalue weighted by Gasteiger charge is 2.20. The maximum Gasteiger partial charge on any atom is 0.246 e. The van der Waals surface area contributed by atoms with Crippen LogP contribution in [0.2, 0.25) is 0 Å². The van der Waals surface area contributed by atoms with Gasteiger partial charge < -0.3 is 4.90 Å². The van der Waals surface area contributed by atoms with Crippen molar-refractivity contribution in [2.75, 3.05) is 26.2 Å². The lowest BCUT2D eigenvalue weighted by Gasteiger charge is -2.34. The molecule has 1 saturated heterocycles. The van der Waals surface area contributed by atoms with Gasteiger partial charge in [-0.15, -0.1) is 0 Å². The van der Waals surface area contributed by atoms with Crippen molar-refractivity contribution in [3.05, 3.63) is 71.8 Å². The minimum atomic E-state index is -0.301. The summed E-state index contributed by atoms with van der Waals surface area (Å²) >= 11 is 0. The van der Waals surface area contributed by atoms with Gasteiger partial charge in [0.05, 0.1) is 0 Å². The van der Waals surface area contributed by atoms with E-state index in [-0.39, 0.29) is 11.7 Å². The van der Waals surface area contributed by atoms with E-state index >= 15 is 0 Å². The predicted octanol–water partition coefficient (Wildman–Crippen LogP) is 2.97. The molecule has 2 heterocycles. The van der Waals surface area contributed by atoms with Crippen molar-refractivity contribution in [3.63, 3.8) is 0 Å². The Kier molecular flexibility index (Phi) is 5.56. The van der Waals surface area contributed by atoms with Crippen molar-refractivity contribution in [2.45, 2.75) is 13.5 Å². The van der Waals surface area contributed by atoms with Crippen LogP contribution in [0.25, 0.3) is 5.57 Å². The van der Waals surface area contributed by atoms with E-state index < -0.39 is 0 Å². The van der Waals surface area contributed by atoms with Gasteiger partial charge in [0.25, 0.3) is 0 Å². The van der Waals surface area contributed by atoms with E-state index in [1.807, 2.05) is 17.2 Å². The van der Waals surface area contributed by atoms with Crippen molar-refractivity contribution < 1.29 is 9.18 Å². The number of carbonyl (C=O) groups is 1. The lowest BCUT2D eigenvalue weighted by atomic mass is 10.1. The molecule has 2 aromatic rings. The molecule has 1 aromatic heterocycles. The molecule has 0 atom stereocenters. The summed E-state index contributed by atoms with van der Waals surface area (Å²) in [6.45, 7) is 5.63. The Morgan fingerprint density at radius 2 is 1.92 bits per heavy atom. The standard InChI is InChI=1S/C20H22FN3O/c1-16(18-6-2-3-7-19(18)21)13-20(25)24-11-9-23(10-12-24)15-17-5-4-8-22-14-17/h2-8,13-14H,9-12,15H2,1H3/b16-13+. The van der Waals surface area contributed by atoms with E-state index in [4.69, 9.17) is 0 Å². The number of hydrogen-bond donors (Lipinski definition) is 0. The minimum absolute atomic E-state index is 0.0539. The molecule has 0 bridgehead atoms. The number of rotatable bonds is 4. The summed E-state index contributed by atoms with van der Waals surface area (Å²) in [4.78, 5) is 20.7. The number of pyridine rings is 1. The fourth-order valence-electron chi connectivity index (χ4n) is 3.01. The molecule has 130 valence electrons. The number of nitrogens with zero attached hydrogens (tertiary/aromatic N) is 3. The van der Waals surface area contributed by atoms with Gasteiger partial charge in [0.15, 0.2) is 0 Å². The average Bonchev–Trinajstić information content (AvgIpc) is 2.63. The van der Waals surface area contributed by atoms with Crippen molar-refractivity contribution in [1.29, 1.82) is 0 Å². The number of allylic oxidation sites excluding steroid dienone is 1. The molecule has 0 spiro atoms. The molecule has 0 unspecified atom stereocenters. The molecule has 0 radical (unpaired) electrons. The van der Waals surface area contributed by atoms with E-state index in [0.717, 1.165) is 19.6 Å². The number of amides is 1. The molecule has 25 heavy (non-hydrogen) atoms. The average molecular weight is 339 g/mol. The first-order chi connectivity index (χ1) is 12.1. The van der Waals surface area contributed by atoms with Crippen LogP contribution in [0.1, 0.15) is 18.1 Å². The summed E-state index contributed by atoms with van der Waals surface area (Å²) in [6.07, 6.45) is 5.18. The molecular weight excluding hydrogens is 317 g/mol. The van der Waals surface area contributed by atoms with E-state index in [0.29, 0.717) is 24.2 Å². The van der Waals surface area contributed by atoms with Crippen LogP contribution < -0.4 is 0 Å². The van der Waals surface area contributed by atoms with Gasteiger partial charge in [-0.3, -0.25) is 14.7 Å². The van der Waals surface area contributed by atoms with Crippen molar-refractivity contribution in [3.8, 4) is 0 Å². The zero-order valence-electron chi connectivity index (χ0n) is 14.4. The van der Waals surface area contributed by atoms with E-state index in [9.17, 15) is 9.18 Å². The fraction of sp³-hybridized carbons (Fsp3) is 0.300. The quantitative estimate of drug-likeness (QED) is 0.804. The molecule has 0 aliphatic carbocycles. The third kappa shape index (κ3) is 4.51. The van der Waals surface area contributed by atoms with Crippen LogP contribution in [0.5, 0.6) is 0 Å². The molecule has 3 rings (SSSR count). The molecule has 1 fully saturated rings. The third-order valence-corrected chi connectivity index (χ3v) is 4.45. The van der Waals surface area contributed by atoms with Crippen molar-refractivity contribution in [2.24, 2.45) is 0 Å². The zero-order chi connectivity index (χ0) is 17.6. The Morgan fingerprint density at radius 3 is 2.60 bits per heavy atom. The Labute approximate surface area is 147 Å². The Morgan fingerprint density at radius 1 is 1.16 bits per heavy atom. The summed E-state index contributed by atoms with van der Waals surface area (Å²) in [5.74, 6) is -0.355. The van der Waals surface area contributed by atoms with Gasteiger partial charge in [-0.1, -0.05) is 24.3 Å². The second kappa shape index (κ2) is 8.03. The molecule has 1 aromatic carbocycles. The number of aromatic nitrogens is 1. The smallest absolute Gasteiger partial charge is 0.246 e. The van der Waals surface area contributed by atoms with E-state index in [1.54, 1.807) is 31.3 Å². The van der Waals surface area contributed by atoms with Crippen LogP contribution >= 0.6 is 0 Å². The largest absolute Gasteiger partial charge is 0.337 e. The lowest BCUT2D eigenvalue weighted by Crippen LogP contribution is -2.47. The fourth-order valence-corrected chi connectivity index (χ4v) is 3.01. The monoisotopic (exact) mass is 339 g/mol. The van der Waals surface area contributed by atoms with Crippen LogP contribution in [0.15, 0.2) is 54.9 Å². The highest BCUT2D eigenvalue weighted by atomic mass is 19.1. The summed E-state index contributed by atoms with van der Waals surface area (Å²) in [5.41, 5.74) is 2.31. The first-order valence-corrected chi connectivity index (χ1v) is 8.47. The van der Waals surface area contributed by atoms with Gasteiger partial charge in [0, 0.05) is 56.8 Å². The molecule has 1 amide bonds. The molecule has 4 nitrogen and oxygen atoms in total. The highest BCUT2D eigenvalue weighted by Crippen LogP contribution is 2.18. The lowest BCUT2D eigenvalue weighted by molar-refractivity contribution is -0.127. The molecular formula is C20H22FN3O.